The monoisotopic (exact) mass is 250 g/mol. The molecule has 0 aromatic carbocycles. The molecule has 1 aromatic heterocycles. The van der Waals surface area contributed by atoms with E-state index in [1.165, 1.54) is 0 Å². The summed E-state index contributed by atoms with van der Waals surface area (Å²) >= 11 is 0. The van der Waals surface area contributed by atoms with Gasteiger partial charge in [0, 0.05) is 37.9 Å². The predicted octanol–water partition coefficient (Wildman–Crippen LogP) is -0.529. The number of amides is 1. The Morgan fingerprint density at radius 3 is 2.83 bits per heavy atom. The first kappa shape index (κ1) is 12.9. The minimum absolute atomic E-state index is 0.0904. The molecule has 0 spiro atoms. The van der Waals surface area contributed by atoms with Gasteiger partial charge in [0.05, 0.1) is 0 Å². The van der Waals surface area contributed by atoms with Crippen LogP contribution in [0.5, 0.6) is 0 Å². The van der Waals surface area contributed by atoms with Crippen molar-refractivity contribution in [2.75, 3.05) is 33.8 Å². The molecule has 0 aliphatic carbocycles. The summed E-state index contributed by atoms with van der Waals surface area (Å²) in [4.78, 5) is 16.0. The van der Waals surface area contributed by atoms with Gasteiger partial charge in [-0.25, -0.2) is 0 Å². The largest absolute Gasteiger partial charge is 0.396 e. The summed E-state index contributed by atoms with van der Waals surface area (Å²) in [6.45, 7) is 1.27. The summed E-state index contributed by atoms with van der Waals surface area (Å²) in [5, 5.41) is 16.9. The Morgan fingerprint density at radius 1 is 1.56 bits per heavy atom. The molecule has 18 heavy (non-hydrogen) atoms. The molecule has 6 nitrogen and oxygen atoms in total. The van der Waals surface area contributed by atoms with Gasteiger partial charge in [-0.05, 0) is 26.2 Å². The highest BCUT2D eigenvalue weighted by Gasteiger charge is 2.36. The van der Waals surface area contributed by atoms with Crippen LogP contribution in [0.2, 0.25) is 0 Å². The lowest BCUT2D eigenvalue weighted by molar-refractivity contribution is 0.0772. The molecule has 1 fully saturated rings. The lowest BCUT2D eigenvalue weighted by Crippen LogP contribution is -2.37. The van der Waals surface area contributed by atoms with Crippen molar-refractivity contribution in [1.29, 1.82) is 0 Å². The SMILES string of the molecule is CN(C)[C@@H]1CN(C(=O)c2cccnn2)C[C@H]1CO. The van der Waals surface area contributed by atoms with Crippen molar-refractivity contribution in [2.45, 2.75) is 6.04 Å². The molecular formula is C12H18N4O2. The molecule has 1 saturated heterocycles. The molecular weight excluding hydrogens is 232 g/mol. The molecule has 1 amide bonds. The van der Waals surface area contributed by atoms with E-state index in [0.717, 1.165) is 0 Å². The molecule has 1 N–H and O–H groups in total. The summed E-state index contributed by atoms with van der Waals surface area (Å²) < 4.78 is 0. The molecule has 2 atom stereocenters. The quantitative estimate of drug-likeness (QED) is 0.781. The molecule has 98 valence electrons. The summed E-state index contributed by atoms with van der Waals surface area (Å²) in [7, 11) is 3.92. The third kappa shape index (κ3) is 2.49. The Labute approximate surface area is 106 Å². The molecule has 6 heteroatoms. The number of aliphatic hydroxyl groups is 1. The van der Waals surface area contributed by atoms with Crippen molar-refractivity contribution in [2.24, 2.45) is 5.92 Å². The maximum Gasteiger partial charge on any atom is 0.274 e. The average molecular weight is 250 g/mol. The fourth-order valence-electron chi connectivity index (χ4n) is 2.36. The number of rotatable bonds is 3. The predicted molar refractivity (Wildman–Crippen MR) is 66.0 cm³/mol. The fourth-order valence-corrected chi connectivity index (χ4v) is 2.36. The Bertz CT molecular complexity index is 410. The van der Waals surface area contributed by atoms with E-state index >= 15 is 0 Å². The Morgan fingerprint density at radius 2 is 2.33 bits per heavy atom. The van der Waals surface area contributed by atoms with Crippen LogP contribution in [0.15, 0.2) is 18.3 Å². The van der Waals surface area contributed by atoms with Crippen LogP contribution >= 0.6 is 0 Å². The Balaban J connectivity index is 2.10. The van der Waals surface area contributed by atoms with E-state index in [1.54, 1.807) is 23.2 Å². The summed E-state index contributed by atoms with van der Waals surface area (Å²) in [6, 6.07) is 3.55. The van der Waals surface area contributed by atoms with Crippen molar-refractivity contribution >= 4 is 5.91 Å². The van der Waals surface area contributed by atoms with E-state index in [9.17, 15) is 9.90 Å². The van der Waals surface area contributed by atoms with Crippen molar-refractivity contribution in [3.8, 4) is 0 Å². The Kier molecular flexibility index (Phi) is 3.88. The maximum absolute atomic E-state index is 12.2. The molecule has 1 aliphatic heterocycles. The number of nitrogens with zero attached hydrogens (tertiary/aromatic N) is 4. The van der Waals surface area contributed by atoms with Crippen molar-refractivity contribution in [1.82, 2.24) is 20.0 Å². The maximum atomic E-state index is 12.2. The van der Waals surface area contributed by atoms with Crippen LogP contribution in [0.1, 0.15) is 10.5 Å². The van der Waals surface area contributed by atoms with Crippen molar-refractivity contribution < 1.29 is 9.90 Å². The van der Waals surface area contributed by atoms with Gasteiger partial charge in [-0.3, -0.25) is 4.79 Å². The van der Waals surface area contributed by atoms with Crippen LogP contribution in [0.3, 0.4) is 0 Å². The van der Waals surface area contributed by atoms with Gasteiger partial charge in [0.1, 0.15) is 0 Å². The number of hydrogen-bond donors (Lipinski definition) is 1. The molecule has 1 aromatic rings. The van der Waals surface area contributed by atoms with E-state index in [0.29, 0.717) is 18.8 Å². The van der Waals surface area contributed by atoms with Gasteiger partial charge >= 0.3 is 0 Å². The molecule has 2 rings (SSSR count). The highest BCUT2D eigenvalue weighted by atomic mass is 16.3. The fraction of sp³-hybridized carbons (Fsp3) is 0.583. The first-order chi connectivity index (χ1) is 8.63. The second-order valence-corrected chi connectivity index (χ2v) is 4.79. The van der Waals surface area contributed by atoms with E-state index in [2.05, 4.69) is 10.2 Å². The van der Waals surface area contributed by atoms with Gasteiger partial charge in [0.15, 0.2) is 5.69 Å². The molecule has 0 bridgehead atoms. The average Bonchev–Trinajstić information content (AvgIpc) is 2.83. The molecule has 0 unspecified atom stereocenters. The van der Waals surface area contributed by atoms with Gasteiger partial charge in [-0.15, -0.1) is 5.10 Å². The molecule has 2 heterocycles. The number of likely N-dealkylation sites (N-methyl/N-ethyl adjacent to an activating group) is 1. The van der Waals surface area contributed by atoms with Crippen LogP contribution in [-0.2, 0) is 0 Å². The van der Waals surface area contributed by atoms with E-state index < -0.39 is 0 Å². The zero-order chi connectivity index (χ0) is 13.1. The first-order valence-electron chi connectivity index (χ1n) is 5.97. The third-order valence-corrected chi connectivity index (χ3v) is 3.38. The third-order valence-electron chi connectivity index (χ3n) is 3.38. The topological polar surface area (TPSA) is 69.6 Å². The van der Waals surface area contributed by atoms with Crippen LogP contribution < -0.4 is 0 Å². The molecule has 0 radical (unpaired) electrons. The smallest absolute Gasteiger partial charge is 0.274 e. The second-order valence-electron chi connectivity index (χ2n) is 4.79. The van der Waals surface area contributed by atoms with Crippen LogP contribution in [0.25, 0.3) is 0 Å². The zero-order valence-electron chi connectivity index (χ0n) is 10.7. The van der Waals surface area contributed by atoms with Gasteiger partial charge in [-0.1, -0.05) is 0 Å². The first-order valence-corrected chi connectivity index (χ1v) is 5.97. The van der Waals surface area contributed by atoms with Crippen molar-refractivity contribution in [3.05, 3.63) is 24.0 Å². The van der Waals surface area contributed by atoms with Crippen LogP contribution in [-0.4, -0.2) is 70.8 Å². The van der Waals surface area contributed by atoms with E-state index in [-0.39, 0.29) is 24.5 Å². The van der Waals surface area contributed by atoms with E-state index in [4.69, 9.17) is 0 Å². The van der Waals surface area contributed by atoms with Crippen molar-refractivity contribution in [3.63, 3.8) is 0 Å². The second kappa shape index (κ2) is 5.41. The number of carbonyl (C=O) groups is 1. The number of aromatic nitrogens is 2. The lowest BCUT2D eigenvalue weighted by Gasteiger charge is -2.23. The van der Waals surface area contributed by atoms with Gasteiger partial charge in [0.2, 0.25) is 0 Å². The lowest BCUT2D eigenvalue weighted by atomic mass is 10.0. The summed E-state index contributed by atoms with van der Waals surface area (Å²) in [5.74, 6) is -0.0217. The minimum atomic E-state index is -0.120. The number of hydrogen-bond acceptors (Lipinski definition) is 5. The summed E-state index contributed by atoms with van der Waals surface area (Å²) in [6.07, 6.45) is 1.54. The molecule has 1 aliphatic rings. The standard InChI is InChI=1S/C12H18N4O2/c1-15(2)11-7-16(6-9(11)8-17)12(18)10-4-3-5-13-14-10/h3-5,9,11,17H,6-8H2,1-2H3/t9-,11+/m0/s1. The van der Waals surface area contributed by atoms with Crippen LogP contribution in [0, 0.1) is 5.92 Å². The highest BCUT2D eigenvalue weighted by molar-refractivity contribution is 5.92. The highest BCUT2D eigenvalue weighted by Crippen LogP contribution is 2.21. The number of likely N-dealkylation sites (tertiary alicyclic amines) is 1. The van der Waals surface area contributed by atoms with Crippen LogP contribution in [0.4, 0.5) is 0 Å². The van der Waals surface area contributed by atoms with Gasteiger partial charge in [0.25, 0.3) is 5.91 Å². The zero-order valence-corrected chi connectivity index (χ0v) is 10.7. The van der Waals surface area contributed by atoms with E-state index in [1.807, 2.05) is 19.0 Å². The minimum Gasteiger partial charge on any atom is -0.396 e. The van der Waals surface area contributed by atoms with Gasteiger partial charge in [-0.2, -0.15) is 5.10 Å². The summed E-state index contributed by atoms with van der Waals surface area (Å²) in [5.41, 5.74) is 0.355. The molecule has 0 saturated carbocycles. The Hall–Kier alpha value is -1.53. The normalized spacial score (nSPS) is 23.7. The number of carbonyl (C=O) groups excluding carboxylic acids is 1. The van der Waals surface area contributed by atoms with Gasteiger partial charge < -0.3 is 14.9 Å². The number of aliphatic hydroxyl groups excluding tert-OH is 1.